The van der Waals surface area contributed by atoms with E-state index in [1.54, 1.807) is 12.1 Å². The summed E-state index contributed by atoms with van der Waals surface area (Å²) >= 11 is 1.20. The van der Waals surface area contributed by atoms with E-state index >= 15 is 0 Å². The molecule has 1 aliphatic heterocycles. The Hall–Kier alpha value is -4.45. The van der Waals surface area contributed by atoms with Crippen molar-refractivity contribution in [2.45, 2.75) is 42.7 Å². The summed E-state index contributed by atoms with van der Waals surface area (Å²) in [6, 6.07) is 29.3. The molecule has 0 spiro atoms. The molecule has 11 heteroatoms. The van der Waals surface area contributed by atoms with Gasteiger partial charge in [-0.3, -0.25) is 18.7 Å². The fourth-order valence-electron chi connectivity index (χ4n) is 3.97. The normalized spacial score (nSPS) is 14.2. The van der Waals surface area contributed by atoms with Crippen LogP contribution in [0.4, 0.5) is 0 Å². The van der Waals surface area contributed by atoms with Gasteiger partial charge in [0.2, 0.25) is 0 Å². The molecule has 5 rings (SSSR count). The van der Waals surface area contributed by atoms with Crippen molar-refractivity contribution >= 4 is 23.7 Å². The second-order valence-electron chi connectivity index (χ2n) is 9.28. The topological polar surface area (TPSA) is 137 Å². The van der Waals surface area contributed by atoms with E-state index in [1.165, 1.54) is 27.0 Å². The van der Waals surface area contributed by atoms with Gasteiger partial charge in [0.1, 0.15) is 18.5 Å². The summed E-state index contributed by atoms with van der Waals surface area (Å²) in [5.41, 5.74) is 1.83. The SMILES string of the molecule is O=C(OCc1ccccc1)C(O)CO.O=C(OCc1ccccc1)C1Cn2c(cc(=O)n(Cc3ccccc3)c2=O)S1. The molecule has 218 valence electrons. The molecule has 0 fully saturated rings. The van der Waals surface area contributed by atoms with Crippen molar-refractivity contribution in [3.63, 3.8) is 0 Å². The van der Waals surface area contributed by atoms with Crippen LogP contribution < -0.4 is 11.2 Å². The van der Waals surface area contributed by atoms with Crippen LogP contribution in [0.1, 0.15) is 16.7 Å². The van der Waals surface area contributed by atoms with Crippen molar-refractivity contribution in [1.29, 1.82) is 0 Å². The van der Waals surface area contributed by atoms with Crippen molar-refractivity contribution in [3.05, 3.63) is 135 Å². The number of hydrogen-bond acceptors (Lipinski definition) is 9. The number of benzene rings is 3. The molecular weight excluding hydrogens is 560 g/mol. The molecule has 0 radical (unpaired) electrons. The Morgan fingerprint density at radius 1 is 0.833 bits per heavy atom. The first kappa shape index (κ1) is 30.5. The first-order valence-electron chi connectivity index (χ1n) is 13.1. The molecule has 3 aromatic carbocycles. The molecule has 4 aromatic rings. The van der Waals surface area contributed by atoms with Gasteiger partial charge in [0, 0.05) is 6.07 Å². The van der Waals surface area contributed by atoms with Gasteiger partial charge in [-0.25, -0.2) is 9.59 Å². The second kappa shape index (κ2) is 15.0. The fraction of sp³-hybridized carbons (Fsp3) is 0.226. The number of carbonyl (C=O) groups is 2. The highest BCUT2D eigenvalue weighted by Gasteiger charge is 2.31. The third-order valence-electron chi connectivity index (χ3n) is 6.19. The Morgan fingerprint density at radius 3 is 1.90 bits per heavy atom. The van der Waals surface area contributed by atoms with Crippen molar-refractivity contribution in [3.8, 4) is 0 Å². The predicted octanol–water partition coefficient (Wildman–Crippen LogP) is 2.36. The van der Waals surface area contributed by atoms with E-state index in [0.717, 1.165) is 16.7 Å². The van der Waals surface area contributed by atoms with Gasteiger partial charge in [0.25, 0.3) is 5.56 Å². The van der Waals surface area contributed by atoms with Crippen LogP contribution in [-0.4, -0.2) is 49.2 Å². The van der Waals surface area contributed by atoms with E-state index in [9.17, 15) is 19.2 Å². The zero-order valence-corrected chi connectivity index (χ0v) is 23.4. The number of aliphatic hydroxyl groups is 2. The van der Waals surface area contributed by atoms with Crippen LogP contribution >= 0.6 is 11.8 Å². The van der Waals surface area contributed by atoms with Gasteiger partial charge < -0.3 is 19.7 Å². The molecule has 2 atom stereocenters. The highest BCUT2D eigenvalue weighted by atomic mass is 32.2. The van der Waals surface area contributed by atoms with Gasteiger partial charge in [-0.2, -0.15) is 0 Å². The maximum atomic E-state index is 12.8. The molecule has 0 saturated carbocycles. The number of ether oxygens (including phenoxy) is 2. The molecule has 10 nitrogen and oxygen atoms in total. The Labute approximate surface area is 245 Å². The van der Waals surface area contributed by atoms with E-state index in [2.05, 4.69) is 0 Å². The predicted molar refractivity (Wildman–Crippen MR) is 156 cm³/mol. The third-order valence-corrected chi connectivity index (χ3v) is 7.40. The smallest absolute Gasteiger partial charge is 0.337 e. The van der Waals surface area contributed by atoms with Gasteiger partial charge in [0.15, 0.2) is 6.10 Å². The zero-order chi connectivity index (χ0) is 29.9. The summed E-state index contributed by atoms with van der Waals surface area (Å²) in [5.74, 6) is -1.20. The quantitative estimate of drug-likeness (QED) is 0.222. The first-order chi connectivity index (χ1) is 20.4. The van der Waals surface area contributed by atoms with Crippen molar-refractivity contribution in [2.75, 3.05) is 6.61 Å². The minimum absolute atomic E-state index is 0.108. The molecule has 2 heterocycles. The lowest BCUT2D eigenvalue weighted by Crippen LogP contribution is -2.40. The van der Waals surface area contributed by atoms with E-state index in [-0.39, 0.29) is 37.8 Å². The average molecular weight is 591 g/mol. The minimum atomic E-state index is -1.45. The van der Waals surface area contributed by atoms with Crippen LogP contribution in [0.3, 0.4) is 0 Å². The minimum Gasteiger partial charge on any atom is -0.460 e. The maximum absolute atomic E-state index is 12.8. The molecule has 0 bridgehead atoms. The average Bonchev–Trinajstić information content (AvgIpc) is 3.46. The lowest BCUT2D eigenvalue weighted by Gasteiger charge is -2.09. The van der Waals surface area contributed by atoms with E-state index in [1.807, 2.05) is 78.9 Å². The van der Waals surface area contributed by atoms with Gasteiger partial charge in [-0.05, 0) is 16.7 Å². The number of carbonyl (C=O) groups excluding carboxylic acids is 2. The highest BCUT2D eigenvalue weighted by molar-refractivity contribution is 8.00. The van der Waals surface area contributed by atoms with Crippen LogP contribution in [0.25, 0.3) is 0 Å². The number of aromatic nitrogens is 2. The molecule has 0 aliphatic carbocycles. The standard InChI is InChI=1S/C21H18N2O4S.C10H12O4/c24-18-11-19-23(21(26)22(18)12-15-7-3-1-4-8-15)13-17(28-19)20(25)27-14-16-9-5-2-6-10-16;11-6-9(12)10(13)14-7-8-4-2-1-3-5-8/h1-11,17H,12-14H2;1-5,9,11-12H,6-7H2. The molecule has 42 heavy (non-hydrogen) atoms. The summed E-state index contributed by atoms with van der Waals surface area (Å²) in [5, 5.41) is 17.3. The number of thioether (sulfide) groups is 1. The molecule has 2 unspecified atom stereocenters. The number of nitrogens with zero attached hydrogens (tertiary/aromatic N) is 2. The molecule has 1 aliphatic rings. The van der Waals surface area contributed by atoms with E-state index in [0.29, 0.717) is 5.03 Å². The van der Waals surface area contributed by atoms with E-state index in [4.69, 9.17) is 19.7 Å². The van der Waals surface area contributed by atoms with Crippen LogP contribution in [0, 0.1) is 0 Å². The van der Waals surface area contributed by atoms with Crippen LogP contribution in [-0.2, 0) is 45.4 Å². The molecule has 0 amide bonds. The number of fused-ring (bicyclic) bond motifs is 1. The van der Waals surface area contributed by atoms with Crippen molar-refractivity contribution in [2.24, 2.45) is 0 Å². The maximum Gasteiger partial charge on any atom is 0.337 e. The fourth-order valence-corrected chi connectivity index (χ4v) is 5.09. The number of esters is 2. The third kappa shape index (κ3) is 8.29. The lowest BCUT2D eigenvalue weighted by molar-refractivity contribution is -0.156. The summed E-state index contributed by atoms with van der Waals surface area (Å²) in [4.78, 5) is 48.5. The summed E-state index contributed by atoms with van der Waals surface area (Å²) in [7, 11) is 0. The Morgan fingerprint density at radius 2 is 1.36 bits per heavy atom. The number of rotatable bonds is 9. The van der Waals surface area contributed by atoms with Crippen LogP contribution in [0.5, 0.6) is 0 Å². The van der Waals surface area contributed by atoms with Crippen molar-refractivity contribution in [1.82, 2.24) is 9.13 Å². The summed E-state index contributed by atoms with van der Waals surface area (Å²) < 4.78 is 12.8. The Kier molecular flexibility index (Phi) is 10.9. The summed E-state index contributed by atoms with van der Waals surface area (Å²) in [6.07, 6.45) is -1.45. The lowest BCUT2D eigenvalue weighted by atomic mass is 10.2. The molecule has 1 aromatic heterocycles. The largest absolute Gasteiger partial charge is 0.460 e. The first-order valence-corrected chi connectivity index (χ1v) is 14.0. The molecular formula is C31H30N2O8S. The highest BCUT2D eigenvalue weighted by Crippen LogP contribution is 2.30. The second-order valence-corrected chi connectivity index (χ2v) is 10.5. The van der Waals surface area contributed by atoms with Crippen LogP contribution in [0.15, 0.2) is 112 Å². The number of hydrogen-bond donors (Lipinski definition) is 2. The zero-order valence-electron chi connectivity index (χ0n) is 22.6. The van der Waals surface area contributed by atoms with E-state index < -0.39 is 29.6 Å². The Balaban J connectivity index is 0.000000244. The monoisotopic (exact) mass is 590 g/mol. The van der Waals surface area contributed by atoms with Crippen LogP contribution in [0.2, 0.25) is 0 Å². The Bertz CT molecular complexity index is 1590. The van der Waals surface area contributed by atoms with Gasteiger partial charge in [-0.1, -0.05) is 103 Å². The number of aliphatic hydroxyl groups excluding tert-OH is 2. The summed E-state index contributed by atoms with van der Waals surface area (Å²) in [6.45, 7) is 0.0707. The van der Waals surface area contributed by atoms with Gasteiger partial charge in [-0.15, -0.1) is 0 Å². The molecule has 0 saturated heterocycles. The molecule has 2 N–H and O–H groups in total. The van der Waals surface area contributed by atoms with Crippen molar-refractivity contribution < 1.29 is 29.3 Å². The van der Waals surface area contributed by atoms with Gasteiger partial charge >= 0.3 is 17.6 Å². The van der Waals surface area contributed by atoms with Gasteiger partial charge in [0.05, 0.1) is 24.7 Å².